The van der Waals surface area contributed by atoms with Gasteiger partial charge in [0.15, 0.2) is 0 Å². The second kappa shape index (κ2) is 8.07. The summed E-state index contributed by atoms with van der Waals surface area (Å²) in [5, 5.41) is 0. The van der Waals surface area contributed by atoms with Crippen LogP contribution >= 0.6 is 24.0 Å². The van der Waals surface area contributed by atoms with E-state index < -0.39 is 0 Å². The molecule has 126 valence electrons. The number of nitrogens with one attached hydrogen (secondary N) is 2. The molecular formula is C16H17N3O3S2. The van der Waals surface area contributed by atoms with Crippen LogP contribution in [0.5, 0.6) is 0 Å². The van der Waals surface area contributed by atoms with Crippen LogP contribution in [0.25, 0.3) is 6.08 Å². The number of hydrogen-bond acceptors (Lipinski definition) is 5. The summed E-state index contributed by atoms with van der Waals surface area (Å²) in [5.74, 6) is -0.963. The topological polar surface area (TPSA) is 78.5 Å². The van der Waals surface area contributed by atoms with Crippen LogP contribution in [-0.4, -0.2) is 33.5 Å². The largest absolute Gasteiger partial charge is 0.292 e. The van der Waals surface area contributed by atoms with E-state index in [4.69, 9.17) is 12.2 Å². The number of carbonyl (C=O) groups is 3. The summed E-state index contributed by atoms with van der Waals surface area (Å²) in [4.78, 5) is 36.7. The van der Waals surface area contributed by atoms with Gasteiger partial charge in [-0.25, -0.2) is 0 Å². The zero-order chi connectivity index (χ0) is 17.7. The van der Waals surface area contributed by atoms with Crippen LogP contribution in [0.1, 0.15) is 24.5 Å². The van der Waals surface area contributed by atoms with Crippen molar-refractivity contribution in [2.75, 3.05) is 6.54 Å². The second-order valence-corrected chi connectivity index (χ2v) is 6.90. The lowest BCUT2D eigenvalue weighted by Crippen LogP contribution is -2.42. The van der Waals surface area contributed by atoms with Crippen molar-refractivity contribution in [3.8, 4) is 0 Å². The maximum absolute atomic E-state index is 12.4. The normalized spacial score (nSPS) is 15.8. The first-order chi connectivity index (χ1) is 11.4. The van der Waals surface area contributed by atoms with Crippen LogP contribution in [0.2, 0.25) is 0 Å². The number of hydrazine groups is 1. The maximum atomic E-state index is 12.4. The molecule has 0 radical (unpaired) electrons. The molecule has 1 aliphatic rings. The standard InChI is InChI=1S/C16H17N3O3S2/c1-10-3-5-12(6-4-10)9-13-15(22)19(16(23)24-13)8-7-14(21)18-17-11(2)20/h3-6,9H,7-8H2,1-2H3,(H,17,20)(H,18,21). The van der Waals surface area contributed by atoms with E-state index >= 15 is 0 Å². The van der Waals surface area contributed by atoms with Gasteiger partial charge in [-0.3, -0.25) is 30.1 Å². The maximum Gasteiger partial charge on any atom is 0.266 e. The molecule has 0 atom stereocenters. The minimum atomic E-state index is -0.387. The van der Waals surface area contributed by atoms with Gasteiger partial charge >= 0.3 is 0 Å². The molecule has 1 aliphatic heterocycles. The molecule has 0 spiro atoms. The summed E-state index contributed by atoms with van der Waals surface area (Å²) in [6, 6.07) is 7.81. The molecule has 24 heavy (non-hydrogen) atoms. The van der Waals surface area contributed by atoms with Gasteiger partial charge in [-0.1, -0.05) is 53.8 Å². The summed E-state index contributed by atoms with van der Waals surface area (Å²) >= 11 is 6.43. The van der Waals surface area contributed by atoms with Crippen LogP contribution in [0.3, 0.4) is 0 Å². The number of thioether (sulfide) groups is 1. The van der Waals surface area contributed by atoms with Gasteiger partial charge in [0, 0.05) is 19.9 Å². The Morgan fingerprint density at radius 1 is 1.25 bits per heavy atom. The Bertz CT molecular complexity index is 714. The highest BCUT2D eigenvalue weighted by Crippen LogP contribution is 2.32. The van der Waals surface area contributed by atoms with E-state index in [1.54, 1.807) is 6.08 Å². The van der Waals surface area contributed by atoms with Crippen molar-refractivity contribution in [1.29, 1.82) is 0 Å². The zero-order valence-electron chi connectivity index (χ0n) is 13.3. The van der Waals surface area contributed by atoms with Gasteiger partial charge in [0.2, 0.25) is 11.8 Å². The Balaban J connectivity index is 1.97. The van der Waals surface area contributed by atoms with Gasteiger partial charge in [0.1, 0.15) is 4.32 Å². The highest BCUT2D eigenvalue weighted by Gasteiger charge is 2.32. The quantitative estimate of drug-likeness (QED) is 0.484. The lowest BCUT2D eigenvalue weighted by molar-refractivity contribution is -0.128. The van der Waals surface area contributed by atoms with E-state index in [-0.39, 0.29) is 30.7 Å². The van der Waals surface area contributed by atoms with Crippen molar-refractivity contribution < 1.29 is 14.4 Å². The van der Waals surface area contributed by atoms with Gasteiger partial charge in [-0.15, -0.1) is 0 Å². The Hall–Kier alpha value is -2.19. The SMILES string of the molecule is CC(=O)NNC(=O)CCN1C(=O)C(=Cc2ccc(C)cc2)SC1=S. The molecule has 1 saturated heterocycles. The number of amides is 3. The number of thiocarbonyl (C=S) groups is 1. The lowest BCUT2D eigenvalue weighted by Gasteiger charge is -2.14. The van der Waals surface area contributed by atoms with E-state index in [1.807, 2.05) is 31.2 Å². The molecule has 1 aromatic rings. The third kappa shape index (κ3) is 4.90. The monoisotopic (exact) mass is 363 g/mol. The molecule has 3 amide bonds. The molecule has 0 aliphatic carbocycles. The van der Waals surface area contributed by atoms with E-state index in [1.165, 1.54) is 23.6 Å². The summed E-state index contributed by atoms with van der Waals surface area (Å²) in [6.45, 7) is 3.45. The summed E-state index contributed by atoms with van der Waals surface area (Å²) in [6.07, 6.45) is 1.83. The van der Waals surface area contributed by atoms with E-state index in [9.17, 15) is 14.4 Å². The molecule has 2 rings (SSSR count). The number of benzene rings is 1. The van der Waals surface area contributed by atoms with Gasteiger partial charge in [-0.05, 0) is 18.6 Å². The molecule has 1 fully saturated rings. The Kier molecular flexibility index (Phi) is 6.10. The Morgan fingerprint density at radius 2 is 1.92 bits per heavy atom. The fourth-order valence-electron chi connectivity index (χ4n) is 1.94. The van der Waals surface area contributed by atoms with Crippen molar-refractivity contribution in [1.82, 2.24) is 15.8 Å². The molecule has 2 N–H and O–H groups in total. The van der Waals surface area contributed by atoms with Crippen LogP contribution in [0.15, 0.2) is 29.2 Å². The minimum absolute atomic E-state index is 0.0462. The lowest BCUT2D eigenvalue weighted by atomic mass is 10.1. The van der Waals surface area contributed by atoms with Gasteiger partial charge in [0.25, 0.3) is 5.91 Å². The van der Waals surface area contributed by atoms with Crippen LogP contribution in [-0.2, 0) is 14.4 Å². The van der Waals surface area contributed by atoms with Crippen molar-refractivity contribution in [3.05, 3.63) is 40.3 Å². The van der Waals surface area contributed by atoms with Crippen molar-refractivity contribution >= 4 is 52.1 Å². The number of nitrogens with zero attached hydrogens (tertiary/aromatic N) is 1. The van der Waals surface area contributed by atoms with E-state index in [0.717, 1.165) is 11.1 Å². The summed E-state index contributed by atoms with van der Waals surface area (Å²) < 4.78 is 0.422. The first kappa shape index (κ1) is 18.2. The molecule has 0 aromatic heterocycles. The molecule has 1 aromatic carbocycles. The van der Waals surface area contributed by atoms with E-state index in [0.29, 0.717) is 9.23 Å². The predicted molar refractivity (Wildman–Crippen MR) is 97.6 cm³/mol. The van der Waals surface area contributed by atoms with Crippen LogP contribution < -0.4 is 10.9 Å². The molecule has 6 nitrogen and oxygen atoms in total. The zero-order valence-corrected chi connectivity index (χ0v) is 14.9. The van der Waals surface area contributed by atoms with Crippen LogP contribution in [0, 0.1) is 6.92 Å². The van der Waals surface area contributed by atoms with Crippen molar-refractivity contribution in [2.45, 2.75) is 20.3 Å². The van der Waals surface area contributed by atoms with Crippen molar-refractivity contribution in [3.63, 3.8) is 0 Å². The summed E-state index contributed by atoms with van der Waals surface area (Å²) in [7, 11) is 0. The molecule has 8 heteroatoms. The third-order valence-corrected chi connectivity index (χ3v) is 4.57. The highest BCUT2D eigenvalue weighted by molar-refractivity contribution is 8.26. The number of carbonyl (C=O) groups excluding carboxylic acids is 3. The van der Waals surface area contributed by atoms with Gasteiger partial charge in [-0.2, -0.15) is 0 Å². The average Bonchev–Trinajstić information content (AvgIpc) is 2.79. The average molecular weight is 363 g/mol. The fraction of sp³-hybridized carbons (Fsp3) is 0.250. The first-order valence-corrected chi connectivity index (χ1v) is 8.47. The van der Waals surface area contributed by atoms with E-state index in [2.05, 4.69) is 10.9 Å². The summed E-state index contributed by atoms with van der Waals surface area (Å²) in [5.41, 5.74) is 6.51. The minimum Gasteiger partial charge on any atom is -0.292 e. The second-order valence-electron chi connectivity index (χ2n) is 5.22. The van der Waals surface area contributed by atoms with Gasteiger partial charge in [0.05, 0.1) is 4.91 Å². The number of aryl methyl sites for hydroxylation is 1. The molecule has 0 unspecified atom stereocenters. The van der Waals surface area contributed by atoms with Crippen LogP contribution in [0.4, 0.5) is 0 Å². The molecular weight excluding hydrogens is 346 g/mol. The highest BCUT2D eigenvalue weighted by atomic mass is 32.2. The van der Waals surface area contributed by atoms with Crippen molar-refractivity contribution in [2.24, 2.45) is 0 Å². The number of rotatable bonds is 4. The Morgan fingerprint density at radius 3 is 2.54 bits per heavy atom. The first-order valence-electron chi connectivity index (χ1n) is 7.24. The Labute approximate surface area is 149 Å². The molecule has 1 heterocycles. The van der Waals surface area contributed by atoms with Gasteiger partial charge < -0.3 is 0 Å². The molecule has 0 bridgehead atoms. The predicted octanol–water partition coefficient (Wildman–Crippen LogP) is 1.75. The smallest absolute Gasteiger partial charge is 0.266 e. The number of hydrogen-bond donors (Lipinski definition) is 2. The third-order valence-electron chi connectivity index (χ3n) is 3.19. The molecule has 0 saturated carbocycles. The fourth-order valence-corrected chi connectivity index (χ4v) is 3.25.